The third-order valence-corrected chi connectivity index (χ3v) is 9.00. The van der Waals surface area contributed by atoms with Crippen LogP contribution in [0.25, 0.3) is 22.2 Å². The first-order chi connectivity index (χ1) is 20.7. The number of aryl methyl sites for hydroxylation is 1. The van der Waals surface area contributed by atoms with Gasteiger partial charge < -0.3 is 4.98 Å². The monoisotopic (exact) mass is 619 g/mol. The Bertz CT molecular complexity index is 2190. The van der Waals surface area contributed by atoms with Crippen LogP contribution < -0.4 is 16.0 Å². The van der Waals surface area contributed by atoms with Crippen LogP contribution in [0.5, 0.6) is 0 Å². The zero-order valence-corrected chi connectivity index (χ0v) is 24.6. The third kappa shape index (κ3) is 5.58. The van der Waals surface area contributed by atoms with E-state index >= 15 is 0 Å². The van der Waals surface area contributed by atoms with Gasteiger partial charge in [0.2, 0.25) is 0 Å². The number of nitrogens with zero attached hydrogens (tertiary/aromatic N) is 5. The number of hydrogen-bond donors (Lipinski definition) is 2. The zero-order valence-electron chi connectivity index (χ0n) is 22.9. The maximum Gasteiger partial charge on any atom is 0.333 e. The Morgan fingerprint density at radius 3 is 2.53 bits per heavy atom. The Labute approximate surface area is 249 Å². The van der Waals surface area contributed by atoms with Gasteiger partial charge in [0.25, 0.3) is 15.6 Å². The van der Waals surface area contributed by atoms with Crippen LogP contribution in [0, 0.1) is 5.82 Å². The number of imidazole rings is 1. The summed E-state index contributed by atoms with van der Waals surface area (Å²) in [4.78, 5) is 34.5. The molecule has 11 nitrogen and oxygen atoms in total. The molecule has 0 spiro atoms. The molecule has 0 amide bonds. The lowest BCUT2D eigenvalue weighted by atomic mass is 10.1. The van der Waals surface area contributed by atoms with Crippen molar-refractivity contribution in [1.82, 2.24) is 27.8 Å². The van der Waals surface area contributed by atoms with Gasteiger partial charge in [0, 0.05) is 24.2 Å². The second-order valence-corrected chi connectivity index (χ2v) is 12.2. The second kappa shape index (κ2) is 11.5. The molecule has 0 bridgehead atoms. The van der Waals surface area contributed by atoms with E-state index in [-0.39, 0.29) is 28.2 Å². The highest BCUT2D eigenvalue weighted by atomic mass is 32.2. The number of unbranched alkanes of at least 4 members (excludes halogenated alkanes) is 1. The van der Waals surface area contributed by atoms with Crippen molar-refractivity contribution in [2.75, 3.05) is 4.72 Å². The Morgan fingerprint density at radius 1 is 0.977 bits per heavy atom. The molecule has 3 heterocycles. The molecule has 2 N–H and O–H groups in total. The number of anilines is 1. The molecule has 0 radical (unpaired) electrons. The maximum absolute atomic E-state index is 14.4. The van der Waals surface area contributed by atoms with Crippen molar-refractivity contribution in [1.29, 1.82) is 0 Å². The van der Waals surface area contributed by atoms with Crippen LogP contribution in [0.15, 0.2) is 81.2 Å². The molecular weight excluding hydrogens is 593 g/mol. The zero-order chi connectivity index (χ0) is 30.1. The van der Waals surface area contributed by atoms with Crippen LogP contribution in [0.2, 0.25) is 0 Å². The highest BCUT2D eigenvalue weighted by Gasteiger charge is 2.21. The molecule has 0 unspecified atom stereocenters. The molecule has 0 saturated heterocycles. The molecule has 220 valence electrons. The second-order valence-electron chi connectivity index (χ2n) is 10.0. The number of aromatic nitrogens is 6. The summed E-state index contributed by atoms with van der Waals surface area (Å²) in [6.07, 6.45) is 1.81. The average Bonchev–Trinajstić information content (AvgIpc) is 3.64. The van der Waals surface area contributed by atoms with Crippen LogP contribution in [-0.2, 0) is 29.5 Å². The van der Waals surface area contributed by atoms with E-state index in [1.807, 2.05) is 6.92 Å². The highest BCUT2D eigenvalue weighted by Crippen LogP contribution is 2.24. The van der Waals surface area contributed by atoms with Gasteiger partial charge in [-0.1, -0.05) is 49.7 Å². The molecule has 0 aliphatic rings. The molecule has 6 rings (SSSR count). The lowest BCUT2D eigenvalue weighted by Crippen LogP contribution is -2.40. The van der Waals surface area contributed by atoms with Crippen molar-refractivity contribution in [2.45, 2.75) is 44.2 Å². The molecule has 3 aromatic carbocycles. The van der Waals surface area contributed by atoms with E-state index in [0.717, 1.165) is 28.3 Å². The number of aromatic amines is 1. The molecule has 0 aliphatic heterocycles. The van der Waals surface area contributed by atoms with E-state index in [0.29, 0.717) is 41.9 Å². The normalized spacial score (nSPS) is 11.9. The van der Waals surface area contributed by atoms with Gasteiger partial charge in [-0.25, -0.2) is 22.6 Å². The van der Waals surface area contributed by atoms with E-state index in [2.05, 4.69) is 23.4 Å². The van der Waals surface area contributed by atoms with Crippen molar-refractivity contribution >= 4 is 49.6 Å². The van der Waals surface area contributed by atoms with Gasteiger partial charge in [-0.15, -0.1) is 0 Å². The summed E-state index contributed by atoms with van der Waals surface area (Å²) in [6.45, 7) is 2.15. The quantitative estimate of drug-likeness (QED) is 0.233. The first-order valence-electron chi connectivity index (χ1n) is 13.5. The Hall–Kier alpha value is -4.69. The topological polar surface area (TPSA) is 145 Å². The van der Waals surface area contributed by atoms with E-state index in [1.165, 1.54) is 16.7 Å². The SMILES string of the molecule is CCCCn1c(=O)n(Cc2ccccc2F)c(=O)c2[nH]c(Cc3ccc(NS(=O)(=O)c4cccc5nsnc45)cc3)nc21. The van der Waals surface area contributed by atoms with Crippen molar-refractivity contribution < 1.29 is 12.8 Å². The lowest BCUT2D eigenvalue weighted by Gasteiger charge is -2.11. The number of nitrogens with one attached hydrogen (secondary N) is 2. The van der Waals surface area contributed by atoms with Crippen molar-refractivity contribution in [3.05, 3.63) is 110 Å². The van der Waals surface area contributed by atoms with Gasteiger partial charge in [-0.2, -0.15) is 8.75 Å². The highest BCUT2D eigenvalue weighted by molar-refractivity contribution is 7.93. The fourth-order valence-electron chi connectivity index (χ4n) is 4.84. The Balaban J connectivity index is 1.28. The predicted octanol–water partition coefficient (Wildman–Crippen LogP) is 4.27. The molecule has 3 aromatic heterocycles. The fraction of sp³-hybridized carbons (Fsp3) is 0.207. The van der Waals surface area contributed by atoms with Gasteiger partial charge in [-0.3, -0.25) is 18.7 Å². The van der Waals surface area contributed by atoms with Crippen LogP contribution in [-0.4, -0.2) is 36.3 Å². The van der Waals surface area contributed by atoms with Crippen molar-refractivity contribution in [2.24, 2.45) is 0 Å². The number of benzene rings is 3. The largest absolute Gasteiger partial charge is 0.336 e. The predicted molar refractivity (Wildman–Crippen MR) is 162 cm³/mol. The first-order valence-corrected chi connectivity index (χ1v) is 15.7. The molecule has 14 heteroatoms. The minimum absolute atomic E-state index is 0.0416. The third-order valence-electron chi connectivity index (χ3n) is 7.05. The summed E-state index contributed by atoms with van der Waals surface area (Å²) in [5, 5.41) is 0. The van der Waals surface area contributed by atoms with E-state index < -0.39 is 27.1 Å². The first kappa shape index (κ1) is 28.4. The van der Waals surface area contributed by atoms with E-state index in [1.54, 1.807) is 54.6 Å². The average molecular weight is 620 g/mol. The number of sulfonamides is 1. The van der Waals surface area contributed by atoms with Crippen molar-refractivity contribution in [3.8, 4) is 0 Å². The van der Waals surface area contributed by atoms with Gasteiger partial charge in [-0.05, 0) is 42.3 Å². The summed E-state index contributed by atoms with van der Waals surface area (Å²) in [5.41, 5.74) is 1.49. The van der Waals surface area contributed by atoms with E-state index in [4.69, 9.17) is 0 Å². The Morgan fingerprint density at radius 2 is 1.77 bits per heavy atom. The molecule has 0 saturated carbocycles. The molecule has 43 heavy (non-hydrogen) atoms. The number of rotatable bonds is 10. The maximum atomic E-state index is 14.4. The summed E-state index contributed by atoms with van der Waals surface area (Å²) in [7, 11) is -3.91. The van der Waals surface area contributed by atoms with Gasteiger partial charge in [0.05, 0.1) is 18.3 Å². The molecule has 0 aliphatic carbocycles. The summed E-state index contributed by atoms with van der Waals surface area (Å²) >= 11 is 0.945. The number of H-pyrrole nitrogens is 1. The lowest BCUT2D eigenvalue weighted by molar-refractivity contribution is 0.553. The number of halogens is 1. The van der Waals surface area contributed by atoms with Gasteiger partial charge >= 0.3 is 5.69 Å². The van der Waals surface area contributed by atoms with Gasteiger partial charge in [0.1, 0.15) is 33.1 Å². The van der Waals surface area contributed by atoms with Crippen LogP contribution in [0.1, 0.15) is 36.7 Å². The van der Waals surface area contributed by atoms with Gasteiger partial charge in [0.15, 0.2) is 5.65 Å². The molecule has 0 atom stereocenters. The number of hydrogen-bond acceptors (Lipinski definition) is 8. The summed E-state index contributed by atoms with van der Waals surface area (Å²) in [6, 6.07) is 17.6. The summed E-state index contributed by atoms with van der Waals surface area (Å²) in [5.74, 6) is -0.0429. The number of fused-ring (bicyclic) bond motifs is 2. The Kier molecular flexibility index (Phi) is 7.62. The fourth-order valence-corrected chi connectivity index (χ4v) is 6.67. The van der Waals surface area contributed by atoms with Crippen LogP contribution >= 0.6 is 11.7 Å². The standard InChI is InChI=1S/C29H26FN7O4S2/c1-2-3-15-36-27-26(28(38)37(29(36)39)17-19-7-4-5-8-21(19)30)31-24(32-27)16-18-11-13-20(14-12-18)35-43(40,41)23-10-6-9-22-25(23)34-42-33-22/h4-14,35H,2-3,15-17H2,1H3,(H,31,32). The smallest absolute Gasteiger partial charge is 0.333 e. The van der Waals surface area contributed by atoms with E-state index in [9.17, 15) is 22.4 Å². The van der Waals surface area contributed by atoms with Crippen LogP contribution in [0.3, 0.4) is 0 Å². The molecule has 6 aromatic rings. The molecular formula is C29H26FN7O4S2. The molecule has 0 fully saturated rings. The minimum atomic E-state index is -3.91. The summed E-state index contributed by atoms with van der Waals surface area (Å²) < 4.78 is 53.7. The van der Waals surface area contributed by atoms with Crippen molar-refractivity contribution in [3.63, 3.8) is 0 Å². The minimum Gasteiger partial charge on any atom is -0.336 e. The van der Waals surface area contributed by atoms with Crippen LogP contribution in [0.4, 0.5) is 10.1 Å².